The van der Waals surface area contributed by atoms with E-state index in [1.807, 2.05) is 41.9 Å². The first-order chi connectivity index (χ1) is 9.81. The Kier molecular flexibility index (Phi) is 2.29. The van der Waals surface area contributed by atoms with Gasteiger partial charge in [-0.15, -0.1) is 0 Å². The molecular weight excluding hydrogens is 248 g/mol. The predicted molar refractivity (Wildman–Crippen MR) is 78.5 cm³/mol. The summed E-state index contributed by atoms with van der Waals surface area (Å²) in [6, 6.07) is 10.2. The van der Waals surface area contributed by atoms with Gasteiger partial charge in [0.2, 0.25) is 5.78 Å². The lowest BCUT2D eigenvalue weighted by Crippen LogP contribution is -1.92. The van der Waals surface area contributed by atoms with Gasteiger partial charge in [-0.05, 0) is 24.6 Å². The van der Waals surface area contributed by atoms with Gasteiger partial charge in [-0.2, -0.15) is 0 Å². The monoisotopic (exact) mass is 260 g/mol. The van der Waals surface area contributed by atoms with Crippen LogP contribution in [0, 0.1) is 6.92 Å². The van der Waals surface area contributed by atoms with E-state index < -0.39 is 0 Å². The van der Waals surface area contributed by atoms with Gasteiger partial charge in [0.05, 0.1) is 11.2 Å². The number of hydrogen-bond acceptors (Lipinski definition) is 3. The lowest BCUT2D eigenvalue weighted by Gasteiger charge is -2.06. The summed E-state index contributed by atoms with van der Waals surface area (Å²) in [6.07, 6.45) is 7.60. The van der Waals surface area contributed by atoms with Gasteiger partial charge in [-0.1, -0.05) is 18.2 Å². The van der Waals surface area contributed by atoms with Crippen molar-refractivity contribution in [3.63, 3.8) is 0 Å². The number of aryl methyl sites for hydroxylation is 1. The third-order valence-corrected chi connectivity index (χ3v) is 3.41. The Morgan fingerprint density at radius 2 is 2.00 bits per heavy atom. The Morgan fingerprint density at radius 1 is 1.05 bits per heavy atom. The van der Waals surface area contributed by atoms with Crippen LogP contribution in [0.4, 0.5) is 0 Å². The molecule has 0 spiro atoms. The summed E-state index contributed by atoms with van der Waals surface area (Å²) in [7, 11) is 0. The molecule has 0 aliphatic rings. The molecule has 3 aromatic heterocycles. The number of imidazole rings is 1. The van der Waals surface area contributed by atoms with E-state index in [1.54, 1.807) is 6.20 Å². The van der Waals surface area contributed by atoms with Gasteiger partial charge in [0, 0.05) is 35.7 Å². The average molecular weight is 260 g/mol. The average Bonchev–Trinajstić information content (AvgIpc) is 2.92. The molecule has 0 unspecified atom stereocenters. The minimum atomic E-state index is 0.714. The second-order valence-electron chi connectivity index (χ2n) is 4.83. The molecule has 4 heteroatoms. The SMILES string of the molecule is Cc1ccc(-c2cccc3nc4nccn4cc23)nc1. The molecule has 20 heavy (non-hydrogen) atoms. The molecule has 1 aromatic carbocycles. The summed E-state index contributed by atoms with van der Waals surface area (Å²) in [4.78, 5) is 13.3. The molecule has 0 saturated carbocycles. The normalized spacial score (nSPS) is 11.2. The van der Waals surface area contributed by atoms with Crippen molar-refractivity contribution < 1.29 is 0 Å². The number of fused-ring (bicyclic) bond motifs is 2. The van der Waals surface area contributed by atoms with Gasteiger partial charge in [-0.25, -0.2) is 9.97 Å². The number of aromatic nitrogens is 4. The Morgan fingerprint density at radius 3 is 2.85 bits per heavy atom. The van der Waals surface area contributed by atoms with Crippen LogP contribution in [0.5, 0.6) is 0 Å². The maximum Gasteiger partial charge on any atom is 0.234 e. The lowest BCUT2D eigenvalue weighted by molar-refractivity contribution is 1.14. The first-order valence-electron chi connectivity index (χ1n) is 6.47. The van der Waals surface area contributed by atoms with Crippen LogP contribution in [-0.2, 0) is 0 Å². The molecule has 0 atom stereocenters. The molecule has 3 heterocycles. The van der Waals surface area contributed by atoms with Gasteiger partial charge >= 0.3 is 0 Å². The van der Waals surface area contributed by atoms with Crippen molar-refractivity contribution >= 4 is 16.7 Å². The molecule has 0 aliphatic carbocycles. The van der Waals surface area contributed by atoms with Crippen LogP contribution in [0.1, 0.15) is 5.56 Å². The van der Waals surface area contributed by atoms with Crippen molar-refractivity contribution in [2.24, 2.45) is 0 Å². The summed E-state index contributed by atoms with van der Waals surface area (Å²) in [6.45, 7) is 2.04. The number of benzene rings is 1. The smallest absolute Gasteiger partial charge is 0.234 e. The number of pyridine rings is 1. The van der Waals surface area contributed by atoms with E-state index in [1.165, 1.54) is 0 Å². The van der Waals surface area contributed by atoms with Gasteiger partial charge in [0.1, 0.15) is 0 Å². The highest BCUT2D eigenvalue weighted by Crippen LogP contribution is 2.26. The quantitative estimate of drug-likeness (QED) is 0.527. The lowest BCUT2D eigenvalue weighted by atomic mass is 10.1. The van der Waals surface area contributed by atoms with Crippen LogP contribution in [0.2, 0.25) is 0 Å². The minimum Gasteiger partial charge on any atom is -0.291 e. The van der Waals surface area contributed by atoms with E-state index in [0.29, 0.717) is 5.78 Å². The fourth-order valence-electron chi connectivity index (χ4n) is 2.38. The Labute approximate surface area is 115 Å². The standard InChI is InChI=1S/C16H12N4/c1-11-5-6-14(18-9-11)12-3-2-4-15-13(12)10-20-8-7-17-16(20)19-15/h2-10H,1H3. The van der Waals surface area contributed by atoms with Crippen LogP contribution >= 0.6 is 0 Å². The van der Waals surface area contributed by atoms with Crippen molar-refractivity contribution in [1.29, 1.82) is 0 Å². The van der Waals surface area contributed by atoms with E-state index in [0.717, 1.165) is 27.7 Å². The van der Waals surface area contributed by atoms with Crippen molar-refractivity contribution in [1.82, 2.24) is 19.4 Å². The second kappa shape index (κ2) is 4.13. The summed E-state index contributed by atoms with van der Waals surface area (Å²) in [5.41, 5.74) is 4.14. The Bertz CT molecular complexity index is 907. The van der Waals surface area contributed by atoms with Crippen molar-refractivity contribution in [2.45, 2.75) is 6.92 Å². The van der Waals surface area contributed by atoms with E-state index >= 15 is 0 Å². The molecule has 0 radical (unpaired) electrons. The van der Waals surface area contributed by atoms with Crippen LogP contribution in [0.25, 0.3) is 27.9 Å². The molecule has 0 amide bonds. The highest BCUT2D eigenvalue weighted by Gasteiger charge is 2.07. The zero-order valence-corrected chi connectivity index (χ0v) is 11.0. The van der Waals surface area contributed by atoms with Crippen molar-refractivity contribution in [2.75, 3.05) is 0 Å². The highest BCUT2D eigenvalue weighted by molar-refractivity contribution is 5.93. The molecule has 0 fully saturated rings. The number of hydrogen-bond donors (Lipinski definition) is 0. The van der Waals surface area contributed by atoms with Gasteiger partial charge in [-0.3, -0.25) is 9.38 Å². The zero-order chi connectivity index (χ0) is 13.5. The molecule has 0 saturated heterocycles. The number of rotatable bonds is 1. The fraction of sp³-hybridized carbons (Fsp3) is 0.0625. The molecule has 4 rings (SSSR count). The largest absolute Gasteiger partial charge is 0.291 e. The topological polar surface area (TPSA) is 43.1 Å². The maximum atomic E-state index is 4.57. The van der Waals surface area contributed by atoms with E-state index in [-0.39, 0.29) is 0 Å². The van der Waals surface area contributed by atoms with E-state index in [4.69, 9.17) is 0 Å². The van der Waals surface area contributed by atoms with Crippen molar-refractivity contribution in [3.8, 4) is 11.3 Å². The highest BCUT2D eigenvalue weighted by atomic mass is 15.1. The second-order valence-corrected chi connectivity index (χ2v) is 4.83. The van der Waals surface area contributed by atoms with E-state index in [9.17, 15) is 0 Å². The molecule has 96 valence electrons. The van der Waals surface area contributed by atoms with Crippen LogP contribution in [0.3, 0.4) is 0 Å². The Hall–Kier alpha value is -2.75. The first kappa shape index (κ1) is 11.1. The summed E-state index contributed by atoms with van der Waals surface area (Å²) in [5, 5.41) is 1.08. The Balaban J connectivity index is 2.05. The number of nitrogens with zero attached hydrogens (tertiary/aromatic N) is 4. The molecule has 0 bridgehead atoms. The minimum absolute atomic E-state index is 0.714. The first-order valence-corrected chi connectivity index (χ1v) is 6.47. The summed E-state index contributed by atoms with van der Waals surface area (Å²) < 4.78 is 1.93. The third kappa shape index (κ3) is 1.66. The van der Waals surface area contributed by atoms with Crippen LogP contribution in [-0.4, -0.2) is 19.4 Å². The van der Waals surface area contributed by atoms with Crippen molar-refractivity contribution in [3.05, 3.63) is 60.7 Å². The summed E-state index contributed by atoms with van der Waals surface area (Å²) >= 11 is 0. The van der Waals surface area contributed by atoms with Crippen LogP contribution < -0.4 is 0 Å². The predicted octanol–water partition coefficient (Wildman–Crippen LogP) is 3.25. The molecule has 4 aromatic rings. The maximum absolute atomic E-state index is 4.57. The van der Waals surface area contributed by atoms with Gasteiger partial charge in [0.15, 0.2) is 0 Å². The molecule has 0 aliphatic heterocycles. The molecular formula is C16H12N4. The third-order valence-electron chi connectivity index (χ3n) is 3.41. The molecule has 0 N–H and O–H groups in total. The molecule has 4 nitrogen and oxygen atoms in total. The van der Waals surface area contributed by atoms with Crippen LogP contribution in [0.15, 0.2) is 55.1 Å². The van der Waals surface area contributed by atoms with Gasteiger partial charge < -0.3 is 0 Å². The summed E-state index contributed by atoms with van der Waals surface area (Å²) in [5.74, 6) is 0.714. The fourth-order valence-corrected chi connectivity index (χ4v) is 2.38. The zero-order valence-electron chi connectivity index (χ0n) is 11.0. The van der Waals surface area contributed by atoms with E-state index in [2.05, 4.69) is 33.3 Å². The van der Waals surface area contributed by atoms with Gasteiger partial charge in [0.25, 0.3) is 0 Å².